The number of benzene rings is 3. The van der Waals surface area contributed by atoms with E-state index in [0.717, 1.165) is 23.4 Å². The van der Waals surface area contributed by atoms with Gasteiger partial charge < -0.3 is 11.5 Å². The fourth-order valence-electron chi connectivity index (χ4n) is 3.26. The predicted molar refractivity (Wildman–Crippen MR) is 88.9 cm³/mol. The number of nitrogen functional groups attached to an aromatic ring is 2. The highest BCUT2D eigenvalue weighted by Crippen LogP contribution is 2.44. The highest BCUT2D eigenvalue weighted by atomic mass is 14.6. The van der Waals surface area contributed by atoms with Crippen LogP contribution in [0.15, 0.2) is 60.7 Å². The van der Waals surface area contributed by atoms with Crippen molar-refractivity contribution in [2.24, 2.45) is 0 Å². The van der Waals surface area contributed by atoms with Crippen LogP contribution in [-0.2, 0) is 6.42 Å². The summed E-state index contributed by atoms with van der Waals surface area (Å²) in [7, 11) is 0. The predicted octanol–water partition coefficient (Wildman–Crippen LogP) is 4.09. The fraction of sp³-hybridized carbons (Fsp3) is 0.0526. The topological polar surface area (TPSA) is 52.0 Å². The van der Waals surface area contributed by atoms with Crippen molar-refractivity contribution < 1.29 is 0 Å². The number of nitrogens with two attached hydrogens (primary N) is 2. The first-order chi connectivity index (χ1) is 10.2. The van der Waals surface area contributed by atoms with Crippen LogP contribution in [0, 0.1) is 0 Å². The van der Waals surface area contributed by atoms with Gasteiger partial charge in [-0.25, -0.2) is 0 Å². The van der Waals surface area contributed by atoms with E-state index in [1.807, 2.05) is 30.3 Å². The van der Waals surface area contributed by atoms with Crippen LogP contribution in [0.3, 0.4) is 0 Å². The quantitative estimate of drug-likeness (QED) is 0.513. The fourth-order valence-corrected chi connectivity index (χ4v) is 3.26. The maximum atomic E-state index is 6.27. The lowest BCUT2D eigenvalue weighted by Gasteiger charge is -2.12. The Bertz CT molecular complexity index is 836. The molecule has 0 saturated heterocycles. The molecule has 0 unspecified atom stereocenters. The molecule has 0 atom stereocenters. The van der Waals surface area contributed by atoms with E-state index in [1.54, 1.807) is 0 Å². The van der Waals surface area contributed by atoms with Crippen LogP contribution < -0.4 is 11.5 Å². The Balaban J connectivity index is 1.97. The van der Waals surface area contributed by atoms with Crippen molar-refractivity contribution in [3.8, 4) is 22.3 Å². The Labute approximate surface area is 124 Å². The average Bonchev–Trinajstić information content (AvgIpc) is 2.85. The lowest BCUT2D eigenvalue weighted by atomic mass is 9.94. The van der Waals surface area contributed by atoms with Crippen molar-refractivity contribution in [3.05, 3.63) is 71.8 Å². The second-order valence-electron chi connectivity index (χ2n) is 5.52. The van der Waals surface area contributed by atoms with Gasteiger partial charge >= 0.3 is 0 Å². The summed E-state index contributed by atoms with van der Waals surface area (Å²) < 4.78 is 0. The average molecular weight is 272 g/mol. The maximum absolute atomic E-state index is 6.27. The number of anilines is 2. The largest absolute Gasteiger partial charge is 0.399 e. The lowest BCUT2D eigenvalue weighted by Crippen LogP contribution is -1.95. The van der Waals surface area contributed by atoms with Gasteiger partial charge in [0.05, 0.1) is 0 Å². The second-order valence-corrected chi connectivity index (χ2v) is 5.52. The molecular weight excluding hydrogens is 256 g/mol. The molecule has 3 aromatic rings. The zero-order chi connectivity index (χ0) is 14.4. The van der Waals surface area contributed by atoms with Gasteiger partial charge in [0.25, 0.3) is 0 Å². The summed E-state index contributed by atoms with van der Waals surface area (Å²) in [5, 5.41) is 0. The van der Waals surface area contributed by atoms with Crippen molar-refractivity contribution >= 4 is 11.4 Å². The van der Waals surface area contributed by atoms with E-state index >= 15 is 0 Å². The highest BCUT2D eigenvalue weighted by molar-refractivity contribution is 5.90. The molecule has 0 radical (unpaired) electrons. The first-order valence-electron chi connectivity index (χ1n) is 7.09. The number of fused-ring (bicyclic) bond motifs is 3. The SMILES string of the molecule is Nc1ccc2c(c1)Cc1c-2ccc(N)c1-c1ccccc1. The van der Waals surface area contributed by atoms with E-state index in [4.69, 9.17) is 11.5 Å². The third-order valence-electron chi connectivity index (χ3n) is 4.19. The molecule has 2 nitrogen and oxygen atoms in total. The van der Waals surface area contributed by atoms with E-state index in [2.05, 4.69) is 30.3 Å². The smallest absolute Gasteiger partial charge is 0.0397 e. The van der Waals surface area contributed by atoms with Gasteiger partial charge in [-0.05, 0) is 52.4 Å². The first kappa shape index (κ1) is 12.0. The molecule has 4 rings (SSSR count). The molecule has 102 valence electrons. The van der Waals surface area contributed by atoms with Crippen LogP contribution in [0.4, 0.5) is 11.4 Å². The minimum atomic E-state index is 0.816. The van der Waals surface area contributed by atoms with Crippen molar-refractivity contribution in [3.63, 3.8) is 0 Å². The van der Waals surface area contributed by atoms with Crippen molar-refractivity contribution in [1.82, 2.24) is 0 Å². The van der Waals surface area contributed by atoms with Crippen molar-refractivity contribution in [1.29, 1.82) is 0 Å². The molecule has 4 N–H and O–H groups in total. The van der Waals surface area contributed by atoms with E-state index in [9.17, 15) is 0 Å². The van der Waals surface area contributed by atoms with Crippen LogP contribution in [-0.4, -0.2) is 0 Å². The number of rotatable bonds is 1. The lowest BCUT2D eigenvalue weighted by molar-refractivity contribution is 1.27. The summed E-state index contributed by atoms with van der Waals surface area (Å²) in [5.41, 5.74) is 21.3. The first-order valence-corrected chi connectivity index (χ1v) is 7.09. The summed E-state index contributed by atoms with van der Waals surface area (Å²) in [5.74, 6) is 0. The summed E-state index contributed by atoms with van der Waals surface area (Å²) in [6.45, 7) is 0. The van der Waals surface area contributed by atoms with Gasteiger partial charge in [-0.3, -0.25) is 0 Å². The van der Waals surface area contributed by atoms with Crippen LogP contribution >= 0.6 is 0 Å². The third-order valence-corrected chi connectivity index (χ3v) is 4.19. The van der Waals surface area contributed by atoms with Crippen LogP contribution in [0.1, 0.15) is 11.1 Å². The molecule has 0 aromatic heterocycles. The standard InChI is InChI=1S/C19H16N2/c20-14-6-7-15-13(10-14)11-17-16(15)8-9-18(21)19(17)12-4-2-1-3-5-12/h1-10H,11,20-21H2. The molecule has 3 aromatic carbocycles. The van der Waals surface area contributed by atoms with Crippen molar-refractivity contribution in [2.45, 2.75) is 6.42 Å². The van der Waals surface area contributed by atoms with Gasteiger partial charge in [-0.1, -0.05) is 42.5 Å². The van der Waals surface area contributed by atoms with Crippen LogP contribution in [0.25, 0.3) is 22.3 Å². The van der Waals surface area contributed by atoms with Crippen LogP contribution in [0.5, 0.6) is 0 Å². The molecule has 1 aliphatic carbocycles. The second kappa shape index (κ2) is 4.38. The Morgan fingerprint density at radius 1 is 0.762 bits per heavy atom. The normalized spacial score (nSPS) is 12.0. The summed E-state index contributed by atoms with van der Waals surface area (Å²) in [4.78, 5) is 0. The number of hydrogen-bond donors (Lipinski definition) is 2. The zero-order valence-electron chi connectivity index (χ0n) is 11.6. The van der Waals surface area contributed by atoms with Gasteiger partial charge in [0, 0.05) is 16.9 Å². The monoisotopic (exact) mass is 272 g/mol. The molecular formula is C19H16N2. The van der Waals surface area contributed by atoms with Gasteiger partial charge in [0.15, 0.2) is 0 Å². The molecule has 1 aliphatic rings. The van der Waals surface area contributed by atoms with Gasteiger partial charge in [-0.2, -0.15) is 0 Å². The molecule has 0 spiro atoms. The Kier molecular flexibility index (Phi) is 2.51. The molecule has 0 aliphatic heterocycles. The maximum Gasteiger partial charge on any atom is 0.0397 e. The third kappa shape index (κ3) is 1.80. The van der Waals surface area contributed by atoms with E-state index in [0.29, 0.717) is 0 Å². The Morgan fingerprint density at radius 2 is 1.52 bits per heavy atom. The summed E-state index contributed by atoms with van der Waals surface area (Å²) in [6.07, 6.45) is 0.894. The number of hydrogen-bond acceptors (Lipinski definition) is 2. The summed E-state index contributed by atoms with van der Waals surface area (Å²) in [6, 6.07) is 20.6. The van der Waals surface area contributed by atoms with E-state index in [-0.39, 0.29) is 0 Å². The van der Waals surface area contributed by atoms with Gasteiger partial charge in [0.2, 0.25) is 0 Å². The van der Waals surface area contributed by atoms with Gasteiger partial charge in [0.1, 0.15) is 0 Å². The van der Waals surface area contributed by atoms with Crippen LogP contribution in [0.2, 0.25) is 0 Å². The zero-order valence-corrected chi connectivity index (χ0v) is 11.6. The van der Waals surface area contributed by atoms with Crippen molar-refractivity contribution in [2.75, 3.05) is 11.5 Å². The molecule has 0 heterocycles. The Morgan fingerprint density at radius 3 is 2.33 bits per heavy atom. The minimum absolute atomic E-state index is 0.816. The highest BCUT2D eigenvalue weighted by Gasteiger charge is 2.23. The molecule has 2 heteroatoms. The Hall–Kier alpha value is -2.74. The minimum Gasteiger partial charge on any atom is -0.399 e. The van der Waals surface area contributed by atoms with Gasteiger partial charge in [-0.15, -0.1) is 0 Å². The molecule has 21 heavy (non-hydrogen) atoms. The van der Waals surface area contributed by atoms with E-state index in [1.165, 1.54) is 27.8 Å². The molecule has 0 bridgehead atoms. The molecule has 0 fully saturated rings. The molecule has 0 amide bonds. The summed E-state index contributed by atoms with van der Waals surface area (Å²) >= 11 is 0. The molecule has 0 saturated carbocycles. The van der Waals surface area contributed by atoms with E-state index < -0.39 is 0 Å².